The molecule has 2 aromatic rings. The molecule has 0 saturated heterocycles. The summed E-state index contributed by atoms with van der Waals surface area (Å²) in [5.41, 5.74) is 1.73. The molecule has 1 N–H and O–H groups in total. The van der Waals surface area contributed by atoms with Crippen LogP contribution in [0.15, 0.2) is 43.0 Å². The van der Waals surface area contributed by atoms with Gasteiger partial charge in [-0.2, -0.15) is 0 Å². The van der Waals surface area contributed by atoms with Gasteiger partial charge in [-0.1, -0.05) is 24.3 Å². The lowest BCUT2D eigenvalue weighted by atomic mass is 10.2. The van der Waals surface area contributed by atoms with Crippen LogP contribution in [0, 0.1) is 0 Å². The fourth-order valence-corrected chi connectivity index (χ4v) is 1.76. The number of hydrogen-bond acceptors (Lipinski definition) is 1. The number of aryl methyl sites for hydroxylation is 1. The van der Waals surface area contributed by atoms with Crippen LogP contribution in [0.4, 0.5) is 0 Å². The van der Waals surface area contributed by atoms with Crippen LogP contribution in [-0.2, 0) is 7.05 Å². The van der Waals surface area contributed by atoms with Crippen molar-refractivity contribution in [2.45, 2.75) is 0 Å². The number of rotatable bonds is 3. The first-order valence-electron chi connectivity index (χ1n) is 5.17. The van der Waals surface area contributed by atoms with Crippen molar-refractivity contribution in [1.82, 2.24) is 9.88 Å². The van der Waals surface area contributed by atoms with Crippen molar-refractivity contribution < 1.29 is 4.79 Å². The molecule has 0 unspecified atom stereocenters. The molecule has 0 spiro atoms. The molecule has 1 amide bonds. The van der Waals surface area contributed by atoms with Crippen molar-refractivity contribution in [1.29, 1.82) is 0 Å². The summed E-state index contributed by atoms with van der Waals surface area (Å²) in [4.78, 5) is 11.8. The maximum Gasteiger partial charge on any atom is 0.268 e. The van der Waals surface area contributed by atoms with E-state index >= 15 is 0 Å². The van der Waals surface area contributed by atoms with Gasteiger partial charge in [0, 0.05) is 24.5 Å². The first kappa shape index (κ1) is 10.5. The highest BCUT2D eigenvalue weighted by Gasteiger charge is 2.11. The molecule has 16 heavy (non-hydrogen) atoms. The highest BCUT2D eigenvalue weighted by Crippen LogP contribution is 2.17. The van der Waals surface area contributed by atoms with Crippen molar-refractivity contribution >= 4 is 16.8 Å². The molecule has 0 saturated carbocycles. The van der Waals surface area contributed by atoms with Crippen LogP contribution in [0.5, 0.6) is 0 Å². The average molecular weight is 214 g/mol. The van der Waals surface area contributed by atoms with E-state index in [1.165, 1.54) is 0 Å². The van der Waals surface area contributed by atoms with Crippen molar-refractivity contribution in [2.75, 3.05) is 6.54 Å². The quantitative estimate of drug-likeness (QED) is 0.780. The SMILES string of the molecule is C=CCNC(=O)c1cc2ccccc2n1C. The predicted molar refractivity (Wildman–Crippen MR) is 65.4 cm³/mol. The summed E-state index contributed by atoms with van der Waals surface area (Å²) in [7, 11) is 1.89. The first-order chi connectivity index (χ1) is 7.74. The minimum absolute atomic E-state index is 0.0707. The fraction of sp³-hybridized carbons (Fsp3) is 0.154. The van der Waals surface area contributed by atoms with Gasteiger partial charge in [-0.25, -0.2) is 0 Å². The van der Waals surface area contributed by atoms with Gasteiger partial charge < -0.3 is 9.88 Å². The Morgan fingerprint density at radius 2 is 2.25 bits per heavy atom. The second-order valence-electron chi connectivity index (χ2n) is 3.65. The normalized spacial score (nSPS) is 10.3. The Kier molecular flexibility index (Phi) is 2.77. The monoisotopic (exact) mass is 214 g/mol. The molecule has 0 fully saturated rings. The molecule has 0 bridgehead atoms. The van der Waals surface area contributed by atoms with Crippen LogP contribution >= 0.6 is 0 Å². The fourth-order valence-electron chi connectivity index (χ4n) is 1.76. The van der Waals surface area contributed by atoms with Crippen LogP contribution in [0.2, 0.25) is 0 Å². The average Bonchev–Trinajstić information content (AvgIpc) is 2.64. The van der Waals surface area contributed by atoms with E-state index in [4.69, 9.17) is 0 Å². The van der Waals surface area contributed by atoms with Gasteiger partial charge in [0.05, 0.1) is 0 Å². The van der Waals surface area contributed by atoms with Crippen LogP contribution in [-0.4, -0.2) is 17.0 Å². The third-order valence-electron chi connectivity index (χ3n) is 2.59. The molecule has 3 nitrogen and oxygen atoms in total. The lowest BCUT2D eigenvalue weighted by Crippen LogP contribution is -2.25. The number of carbonyl (C=O) groups is 1. The van der Waals surface area contributed by atoms with E-state index in [2.05, 4.69) is 11.9 Å². The standard InChI is InChI=1S/C13H14N2O/c1-3-8-14-13(16)12-9-10-6-4-5-7-11(10)15(12)2/h3-7,9H,1,8H2,2H3,(H,14,16). The number of nitrogens with one attached hydrogen (secondary N) is 1. The van der Waals surface area contributed by atoms with Gasteiger partial charge in [0.15, 0.2) is 0 Å². The minimum atomic E-state index is -0.0707. The molecule has 82 valence electrons. The molecule has 0 aliphatic carbocycles. The first-order valence-corrected chi connectivity index (χ1v) is 5.17. The number of carbonyl (C=O) groups excluding carboxylic acids is 1. The van der Waals surface area contributed by atoms with E-state index < -0.39 is 0 Å². The lowest BCUT2D eigenvalue weighted by Gasteiger charge is -2.03. The maximum absolute atomic E-state index is 11.8. The van der Waals surface area contributed by atoms with E-state index in [1.54, 1.807) is 6.08 Å². The van der Waals surface area contributed by atoms with Crippen LogP contribution < -0.4 is 5.32 Å². The number of aromatic nitrogens is 1. The van der Waals surface area contributed by atoms with Crippen molar-refractivity contribution in [3.63, 3.8) is 0 Å². The molecular formula is C13H14N2O. The number of hydrogen-bond donors (Lipinski definition) is 1. The van der Waals surface area contributed by atoms with Crippen molar-refractivity contribution in [2.24, 2.45) is 7.05 Å². The van der Waals surface area contributed by atoms with E-state index in [9.17, 15) is 4.79 Å². The molecule has 2 rings (SSSR count). The Labute approximate surface area is 94.4 Å². The largest absolute Gasteiger partial charge is 0.347 e. The molecule has 0 radical (unpaired) electrons. The van der Waals surface area contributed by atoms with E-state index in [0.717, 1.165) is 10.9 Å². The summed E-state index contributed by atoms with van der Waals surface area (Å²) in [5, 5.41) is 3.85. The maximum atomic E-state index is 11.8. The van der Waals surface area contributed by atoms with Gasteiger partial charge >= 0.3 is 0 Å². The Bertz CT molecular complexity index is 540. The van der Waals surface area contributed by atoms with Gasteiger partial charge in [0.1, 0.15) is 5.69 Å². The second kappa shape index (κ2) is 4.23. The smallest absolute Gasteiger partial charge is 0.268 e. The number of para-hydroxylation sites is 1. The zero-order valence-electron chi connectivity index (χ0n) is 9.23. The zero-order chi connectivity index (χ0) is 11.5. The summed E-state index contributed by atoms with van der Waals surface area (Å²) in [6.45, 7) is 4.06. The highest BCUT2D eigenvalue weighted by atomic mass is 16.1. The van der Waals surface area contributed by atoms with Gasteiger partial charge in [-0.15, -0.1) is 6.58 Å². The Balaban J connectivity index is 2.41. The number of amides is 1. The van der Waals surface area contributed by atoms with Crippen LogP contribution in [0.3, 0.4) is 0 Å². The second-order valence-corrected chi connectivity index (χ2v) is 3.65. The molecule has 0 atom stereocenters. The molecular weight excluding hydrogens is 200 g/mol. The molecule has 0 aliphatic heterocycles. The van der Waals surface area contributed by atoms with Crippen LogP contribution in [0.25, 0.3) is 10.9 Å². The zero-order valence-corrected chi connectivity index (χ0v) is 9.23. The Hall–Kier alpha value is -2.03. The summed E-state index contributed by atoms with van der Waals surface area (Å²) in [5.74, 6) is -0.0707. The van der Waals surface area contributed by atoms with Gasteiger partial charge in [-0.05, 0) is 12.1 Å². The van der Waals surface area contributed by atoms with Gasteiger partial charge in [0.25, 0.3) is 5.91 Å². The summed E-state index contributed by atoms with van der Waals surface area (Å²) in [6.07, 6.45) is 1.67. The topological polar surface area (TPSA) is 34.0 Å². The van der Waals surface area contributed by atoms with Gasteiger partial charge in [0.2, 0.25) is 0 Å². The Morgan fingerprint density at radius 3 is 2.94 bits per heavy atom. The summed E-state index contributed by atoms with van der Waals surface area (Å²) >= 11 is 0. The molecule has 0 aliphatic rings. The summed E-state index contributed by atoms with van der Waals surface area (Å²) < 4.78 is 1.90. The van der Waals surface area contributed by atoms with E-state index in [0.29, 0.717) is 12.2 Å². The van der Waals surface area contributed by atoms with E-state index in [-0.39, 0.29) is 5.91 Å². The minimum Gasteiger partial charge on any atom is -0.347 e. The lowest BCUT2D eigenvalue weighted by molar-refractivity contribution is 0.0950. The third-order valence-corrected chi connectivity index (χ3v) is 2.59. The van der Waals surface area contributed by atoms with E-state index in [1.807, 2.05) is 41.9 Å². The molecule has 3 heteroatoms. The molecule has 1 aromatic heterocycles. The number of benzene rings is 1. The van der Waals surface area contributed by atoms with Crippen molar-refractivity contribution in [3.05, 3.63) is 48.7 Å². The highest BCUT2D eigenvalue weighted by molar-refractivity contribution is 5.98. The Morgan fingerprint density at radius 1 is 1.50 bits per heavy atom. The van der Waals surface area contributed by atoms with Gasteiger partial charge in [-0.3, -0.25) is 4.79 Å². The predicted octanol–water partition coefficient (Wildman–Crippen LogP) is 2.09. The number of fused-ring (bicyclic) bond motifs is 1. The molecule has 1 heterocycles. The van der Waals surface area contributed by atoms with Crippen molar-refractivity contribution in [3.8, 4) is 0 Å². The number of nitrogens with zero attached hydrogens (tertiary/aromatic N) is 1. The van der Waals surface area contributed by atoms with Crippen LogP contribution in [0.1, 0.15) is 10.5 Å². The molecule has 1 aromatic carbocycles. The third kappa shape index (κ3) is 1.72. The summed E-state index contributed by atoms with van der Waals surface area (Å²) in [6, 6.07) is 9.83.